The molecule has 0 bridgehead atoms. The molecule has 0 saturated heterocycles. The van der Waals surface area contributed by atoms with Crippen LogP contribution in [0.1, 0.15) is 0 Å². The molecule has 0 aliphatic rings. The van der Waals surface area contributed by atoms with Crippen LogP contribution in [0.4, 0.5) is 0 Å². The van der Waals surface area contributed by atoms with Gasteiger partial charge in [-0.15, -0.1) is 0 Å². The lowest BCUT2D eigenvalue weighted by molar-refractivity contribution is 0.484. The molecule has 0 radical (unpaired) electrons. The average molecular weight is 282 g/mol. The van der Waals surface area contributed by atoms with Gasteiger partial charge in [0, 0.05) is 5.75 Å². The van der Waals surface area contributed by atoms with E-state index in [1.165, 1.54) is 0 Å². The lowest BCUT2D eigenvalue weighted by Crippen LogP contribution is -2.48. The third-order valence-corrected chi connectivity index (χ3v) is 6.68. The number of hydrogen-bond donors (Lipinski definition) is 0. The van der Waals surface area contributed by atoms with E-state index in [9.17, 15) is 35.0 Å². The normalized spacial score (nSPS) is 24.6. The maximum Gasteiger partial charge on any atom is 0.165 e. The van der Waals surface area contributed by atoms with E-state index in [-0.39, 0.29) is 0 Å². The molecule has 0 saturated carbocycles. The Labute approximate surface area is 88.6 Å². The molecular weight excluding hydrogens is 280 g/mol. The summed E-state index contributed by atoms with van der Waals surface area (Å²) in [6.45, 7) is 0. The Hall–Kier alpha value is 0.440. The molecule has 4 unspecified atom stereocenters. The van der Waals surface area contributed by atoms with E-state index in [2.05, 4.69) is 0 Å². The van der Waals surface area contributed by atoms with Crippen molar-refractivity contribution in [2.75, 3.05) is 5.75 Å². The summed E-state index contributed by atoms with van der Waals surface area (Å²) >= 11 is -14.0. The van der Waals surface area contributed by atoms with Gasteiger partial charge in [-0.05, 0) is 33.2 Å². The Balaban J connectivity index is 5.38. The van der Waals surface area contributed by atoms with E-state index in [4.69, 9.17) is 0 Å². The molecule has 0 aromatic heterocycles. The smallest absolute Gasteiger partial charge is 0.165 e. The van der Waals surface area contributed by atoms with E-state index in [1.54, 1.807) is 0 Å². The Bertz CT molecular complexity index is 272. The van der Waals surface area contributed by atoms with Crippen molar-refractivity contribution in [1.82, 2.24) is 0 Å². The molecule has 0 aromatic carbocycles. The molecule has 0 aromatic rings. The van der Waals surface area contributed by atoms with Crippen molar-refractivity contribution in [2.24, 2.45) is 0 Å². The lowest BCUT2D eigenvalue weighted by Gasteiger charge is -2.39. The van der Waals surface area contributed by atoms with Crippen LogP contribution >= 0.6 is 0 Å². The highest BCUT2D eigenvalue weighted by molar-refractivity contribution is 8.16. The molecule has 12 heteroatoms. The summed E-state index contributed by atoms with van der Waals surface area (Å²) in [6.07, 6.45) is 0. The van der Waals surface area contributed by atoms with Gasteiger partial charge in [0.2, 0.25) is 0 Å². The molecule has 0 aliphatic carbocycles. The van der Waals surface area contributed by atoms with Crippen molar-refractivity contribution in [3.05, 3.63) is 0 Å². The highest BCUT2D eigenvalue weighted by Crippen LogP contribution is 2.21. The van der Waals surface area contributed by atoms with Gasteiger partial charge in [-0.25, -0.2) is 0 Å². The predicted octanol–water partition coefficient (Wildman–Crippen LogP) is -2.84. The summed E-state index contributed by atoms with van der Waals surface area (Å²) < 4.78 is 79.2. The van der Waals surface area contributed by atoms with Gasteiger partial charge < -0.3 is 18.2 Å². The first-order valence-corrected chi connectivity index (χ1v) is 7.06. The van der Waals surface area contributed by atoms with Crippen molar-refractivity contribution in [2.45, 2.75) is 3.41 Å². The minimum Gasteiger partial charge on any atom is -0.772 e. The summed E-state index contributed by atoms with van der Waals surface area (Å²) in [5.41, 5.74) is 0. The van der Waals surface area contributed by atoms with Gasteiger partial charge in [0.1, 0.15) is 0 Å². The number of hydrogen-bond acceptors (Lipinski definition) is 8. The van der Waals surface area contributed by atoms with Crippen molar-refractivity contribution in [3.63, 3.8) is 0 Å². The highest BCUT2D eigenvalue weighted by Gasteiger charge is 2.35. The molecule has 8 nitrogen and oxygen atoms in total. The van der Waals surface area contributed by atoms with Gasteiger partial charge in [-0.2, -0.15) is 0 Å². The molecule has 0 aliphatic heterocycles. The van der Waals surface area contributed by atoms with Crippen LogP contribution in [0, 0.1) is 0 Å². The molecule has 0 heterocycles. The van der Waals surface area contributed by atoms with E-state index >= 15 is 0 Å². The van der Waals surface area contributed by atoms with Crippen LogP contribution in [0.2, 0.25) is 0 Å². The molecule has 0 amide bonds. The van der Waals surface area contributed by atoms with Gasteiger partial charge in [0.15, 0.2) is 3.41 Å². The van der Waals surface area contributed by atoms with Gasteiger partial charge in [0.05, 0.1) is 0 Å². The van der Waals surface area contributed by atoms with Crippen LogP contribution < -0.4 is 0 Å². The van der Waals surface area contributed by atoms with Crippen LogP contribution in [-0.4, -0.2) is 44.2 Å². The van der Waals surface area contributed by atoms with Gasteiger partial charge >= 0.3 is 0 Å². The average Bonchev–Trinajstić information content (AvgIpc) is 1.97. The molecule has 4 atom stereocenters. The fourth-order valence-electron chi connectivity index (χ4n) is 0.455. The zero-order valence-electron chi connectivity index (χ0n) is 6.11. The standard InChI is InChI=1S/C2H6O8S4/c3-11(4)1-2(12(5)6,13(7)8)14(9)10/h1H2,(H,3,4)(H,5,6)(H,7,8)(H,9,10)/p-4. The first kappa shape index (κ1) is 14.4. The second-order valence-electron chi connectivity index (χ2n) is 1.84. The summed E-state index contributed by atoms with van der Waals surface area (Å²) in [6, 6.07) is 0. The number of rotatable bonds is 5. The maximum absolute atomic E-state index is 10.4. The summed E-state index contributed by atoms with van der Waals surface area (Å²) in [4.78, 5) is 0. The summed E-state index contributed by atoms with van der Waals surface area (Å²) in [5.74, 6) is -1.56. The van der Waals surface area contributed by atoms with E-state index in [0.717, 1.165) is 0 Å². The molecular formula is C2H2O8S4-4. The fourth-order valence-corrected chi connectivity index (χ4v) is 4.10. The largest absolute Gasteiger partial charge is 0.772 e. The first-order valence-electron chi connectivity index (χ1n) is 2.59. The Kier molecular flexibility index (Phi) is 5.68. The minimum absolute atomic E-state index is 1.56. The van der Waals surface area contributed by atoms with E-state index in [1.807, 2.05) is 0 Å². The SMILES string of the molecule is O=S([O-])CC(S(=O)[O-])(S(=O)[O-])S(=O)[O-]. The molecule has 0 fully saturated rings. The summed E-state index contributed by atoms with van der Waals surface area (Å²) in [5, 5.41) is 0. The Morgan fingerprint density at radius 1 is 0.786 bits per heavy atom. The zero-order chi connectivity index (χ0) is 11.5. The Morgan fingerprint density at radius 2 is 1.07 bits per heavy atom. The van der Waals surface area contributed by atoms with Crippen molar-refractivity contribution in [1.29, 1.82) is 0 Å². The summed E-state index contributed by atoms with van der Waals surface area (Å²) in [7, 11) is 0. The van der Waals surface area contributed by atoms with Gasteiger partial charge in [-0.3, -0.25) is 16.8 Å². The zero-order valence-corrected chi connectivity index (χ0v) is 9.37. The van der Waals surface area contributed by atoms with Crippen LogP contribution in [0.15, 0.2) is 0 Å². The van der Waals surface area contributed by atoms with Crippen molar-refractivity contribution in [3.8, 4) is 0 Å². The molecule has 86 valence electrons. The predicted molar refractivity (Wildman–Crippen MR) is 43.3 cm³/mol. The third kappa shape index (κ3) is 2.96. The molecule has 0 rings (SSSR count). The van der Waals surface area contributed by atoms with E-state index < -0.39 is 53.5 Å². The third-order valence-electron chi connectivity index (χ3n) is 1.06. The topological polar surface area (TPSA) is 161 Å². The quantitative estimate of drug-likeness (QED) is 0.487. The highest BCUT2D eigenvalue weighted by atomic mass is 32.3. The lowest BCUT2D eigenvalue weighted by atomic mass is 10.9. The fraction of sp³-hybridized carbons (Fsp3) is 1.00. The van der Waals surface area contributed by atoms with E-state index in [0.29, 0.717) is 0 Å². The second-order valence-corrected chi connectivity index (χ2v) is 7.01. The van der Waals surface area contributed by atoms with Gasteiger partial charge in [0.25, 0.3) is 0 Å². The molecule has 0 spiro atoms. The van der Waals surface area contributed by atoms with Gasteiger partial charge in [-0.1, -0.05) is 11.1 Å². The van der Waals surface area contributed by atoms with Crippen LogP contribution in [0.3, 0.4) is 0 Å². The molecule has 14 heavy (non-hydrogen) atoms. The Morgan fingerprint density at radius 3 is 1.14 bits per heavy atom. The minimum atomic E-state index is -3.61. The van der Waals surface area contributed by atoms with Crippen LogP contribution in [0.25, 0.3) is 0 Å². The monoisotopic (exact) mass is 282 g/mol. The van der Waals surface area contributed by atoms with Crippen molar-refractivity contribution >= 4 is 44.3 Å². The van der Waals surface area contributed by atoms with Crippen LogP contribution in [0.5, 0.6) is 0 Å². The maximum atomic E-state index is 10.4. The first-order chi connectivity index (χ1) is 6.25. The van der Waals surface area contributed by atoms with Crippen LogP contribution in [-0.2, 0) is 44.3 Å². The van der Waals surface area contributed by atoms with Crippen molar-refractivity contribution < 1.29 is 35.0 Å². The second kappa shape index (κ2) is 5.50. The molecule has 0 N–H and O–H groups in total.